The minimum Gasteiger partial charge on any atom is -0.481 e. The molecule has 184 valence electrons. The first-order chi connectivity index (χ1) is 17.2. The van der Waals surface area contributed by atoms with Crippen LogP contribution in [-0.4, -0.2) is 37.0 Å². The molecule has 5 rings (SSSR count). The molecule has 1 aliphatic rings. The van der Waals surface area contributed by atoms with Crippen molar-refractivity contribution >= 4 is 46.1 Å². The van der Waals surface area contributed by atoms with Gasteiger partial charge in [0.05, 0.1) is 34.4 Å². The molecule has 0 radical (unpaired) electrons. The van der Waals surface area contributed by atoms with Crippen LogP contribution in [0.4, 0.5) is 0 Å². The number of fused-ring (bicyclic) bond motifs is 1. The van der Waals surface area contributed by atoms with Gasteiger partial charge in [0.25, 0.3) is 0 Å². The highest BCUT2D eigenvalue weighted by Crippen LogP contribution is 2.47. The van der Waals surface area contributed by atoms with E-state index in [9.17, 15) is 14.7 Å². The molecule has 8 nitrogen and oxygen atoms in total. The summed E-state index contributed by atoms with van der Waals surface area (Å²) in [5, 5.41) is 19.5. The van der Waals surface area contributed by atoms with Crippen molar-refractivity contribution in [1.29, 1.82) is 0 Å². The van der Waals surface area contributed by atoms with E-state index in [0.29, 0.717) is 43.8 Å². The number of hydrogen-bond donors (Lipinski definition) is 2. The van der Waals surface area contributed by atoms with Gasteiger partial charge in [-0.1, -0.05) is 40.5 Å². The number of aliphatic carboxylic acids is 1. The van der Waals surface area contributed by atoms with Crippen molar-refractivity contribution in [3.8, 4) is 11.3 Å². The molecule has 10 heteroatoms. The Labute approximate surface area is 217 Å². The Bertz CT molecular complexity index is 1530. The molecule has 1 amide bonds. The van der Waals surface area contributed by atoms with E-state index in [4.69, 9.17) is 28.9 Å². The number of benzene rings is 2. The number of hydrogen-bond acceptors (Lipinski definition) is 5. The van der Waals surface area contributed by atoms with Gasteiger partial charge < -0.3 is 10.8 Å². The maximum absolute atomic E-state index is 11.8. The quantitative estimate of drug-likeness (QED) is 0.326. The number of carbonyl (C=O) groups is 2. The minimum absolute atomic E-state index is 0.225. The maximum Gasteiger partial charge on any atom is 0.310 e. The number of halogens is 2. The SMILES string of the molecule is C[C@H](c1c(Cl)ccc(C2CC2)c1Cl)n1nnc2cnc(-c3ccc(C(N)=O)cc3[C@@H](C)C(=O)O)cc21. The van der Waals surface area contributed by atoms with Crippen molar-refractivity contribution in [1.82, 2.24) is 20.0 Å². The summed E-state index contributed by atoms with van der Waals surface area (Å²) in [5.74, 6) is -2.09. The number of aromatic nitrogens is 4. The molecule has 4 aromatic rings. The molecule has 2 aromatic carbocycles. The average Bonchev–Trinajstić information content (AvgIpc) is 3.60. The van der Waals surface area contributed by atoms with E-state index in [1.54, 1.807) is 36.0 Å². The van der Waals surface area contributed by atoms with Gasteiger partial charge in [0.1, 0.15) is 5.52 Å². The van der Waals surface area contributed by atoms with Gasteiger partial charge in [0, 0.05) is 21.7 Å². The van der Waals surface area contributed by atoms with Gasteiger partial charge in [0.15, 0.2) is 0 Å². The van der Waals surface area contributed by atoms with Gasteiger partial charge in [-0.3, -0.25) is 14.6 Å². The molecule has 0 aliphatic heterocycles. The highest BCUT2D eigenvalue weighted by Gasteiger charge is 2.29. The Balaban J connectivity index is 1.63. The van der Waals surface area contributed by atoms with Crippen molar-refractivity contribution in [3.05, 3.63) is 74.9 Å². The van der Waals surface area contributed by atoms with Crippen LogP contribution < -0.4 is 5.73 Å². The zero-order valence-corrected chi connectivity index (χ0v) is 21.1. The lowest BCUT2D eigenvalue weighted by Gasteiger charge is -2.19. The van der Waals surface area contributed by atoms with Gasteiger partial charge in [-0.25, -0.2) is 4.68 Å². The topological polar surface area (TPSA) is 124 Å². The van der Waals surface area contributed by atoms with Gasteiger partial charge in [-0.15, -0.1) is 5.10 Å². The summed E-state index contributed by atoms with van der Waals surface area (Å²) >= 11 is 13.4. The average molecular weight is 524 g/mol. The van der Waals surface area contributed by atoms with Crippen molar-refractivity contribution in [2.45, 2.75) is 44.6 Å². The van der Waals surface area contributed by atoms with Crippen LogP contribution in [-0.2, 0) is 4.79 Å². The standard InChI is InChI=1S/C26H23Cl2N5O3/c1-12(26(35)36)18-9-15(25(29)34)5-6-17(18)20-10-22-21(11-30-20)31-32-33(22)13(2)23-19(27)8-7-16(24(23)28)14-3-4-14/h5-14H,3-4H2,1-2H3,(H2,29,34)(H,35,36)/t12-,13-/m1/s1. The summed E-state index contributed by atoms with van der Waals surface area (Å²) in [6.45, 7) is 3.51. The molecular formula is C26H23Cl2N5O3. The fourth-order valence-corrected chi connectivity index (χ4v) is 5.36. The third kappa shape index (κ3) is 4.20. The maximum atomic E-state index is 11.8. The number of carbonyl (C=O) groups excluding carboxylic acids is 1. The normalized spacial score (nSPS) is 15.1. The molecule has 1 aliphatic carbocycles. The van der Waals surface area contributed by atoms with E-state index in [1.165, 1.54) is 6.07 Å². The van der Waals surface area contributed by atoms with Gasteiger partial charge >= 0.3 is 5.97 Å². The molecule has 3 N–H and O–H groups in total. The molecule has 0 saturated heterocycles. The Morgan fingerprint density at radius 1 is 1.14 bits per heavy atom. The van der Waals surface area contributed by atoms with Crippen LogP contribution in [0.15, 0.2) is 42.6 Å². The summed E-state index contributed by atoms with van der Waals surface area (Å²) < 4.78 is 1.74. The predicted octanol–water partition coefficient (Wildman–Crippen LogP) is 5.57. The van der Waals surface area contributed by atoms with Gasteiger partial charge in [0.2, 0.25) is 5.91 Å². The Kier molecular flexibility index (Phi) is 6.18. The monoisotopic (exact) mass is 523 g/mol. The van der Waals surface area contributed by atoms with Crippen LogP contribution in [0.25, 0.3) is 22.3 Å². The molecule has 2 aromatic heterocycles. The molecule has 0 unspecified atom stereocenters. The molecule has 2 atom stereocenters. The van der Waals surface area contributed by atoms with Crippen LogP contribution in [0.5, 0.6) is 0 Å². The van der Waals surface area contributed by atoms with Crippen molar-refractivity contribution in [2.24, 2.45) is 5.73 Å². The van der Waals surface area contributed by atoms with E-state index in [0.717, 1.165) is 24.0 Å². The second-order valence-electron chi connectivity index (χ2n) is 9.13. The molecule has 2 heterocycles. The van der Waals surface area contributed by atoms with Crippen LogP contribution in [0.3, 0.4) is 0 Å². The molecular weight excluding hydrogens is 501 g/mol. The second kappa shape index (κ2) is 9.19. The number of carboxylic acids is 1. The van der Waals surface area contributed by atoms with Gasteiger partial charge in [-0.2, -0.15) is 0 Å². The minimum atomic E-state index is -1.03. The summed E-state index contributed by atoms with van der Waals surface area (Å²) in [4.78, 5) is 28.0. The van der Waals surface area contributed by atoms with E-state index in [-0.39, 0.29) is 11.6 Å². The number of primary amides is 1. The Hall–Kier alpha value is -3.49. The lowest BCUT2D eigenvalue weighted by atomic mass is 9.91. The van der Waals surface area contributed by atoms with E-state index in [1.807, 2.05) is 19.1 Å². The summed E-state index contributed by atoms with van der Waals surface area (Å²) in [6.07, 6.45) is 3.81. The number of nitrogens with two attached hydrogens (primary N) is 1. The van der Waals surface area contributed by atoms with Crippen molar-refractivity contribution in [3.63, 3.8) is 0 Å². The summed E-state index contributed by atoms with van der Waals surface area (Å²) in [6, 6.07) is 10.1. The fourth-order valence-electron chi connectivity index (χ4n) is 4.52. The van der Waals surface area contributed by atoms with Crippen LogP contribution in [0, 0.1) is 0 Å². The predicted molar refractivity (Wildman–Crippen MR) is 138 cm³/mol. The molecule has 36 heavy (non-hydrogen) atoms. The molecule has 1 fully saturated rings. The van der Waals surface area contributed by atoms with E-state index in [2.05, 4.69) is 15.3 Å². The third-order valence-electron chi connectivity index (χ3n) is 6.76. The van der Waals surface area contributed by atoms with Crippen LogP contribution in [0.1, 0.15) is 71.6 Å². The lowest BCUT2D eigenvalue weighted by molar-refractivity contribution is -0.138. The van der Waals surface area contributed by atoms with Crippen LogP contribution in [0.2, 0.25) is 10.0 Å². The van der Waals surface area contributed by atoms with E-state index < -0.39 is 17.8 Å². The fraction of sp³-hybridized carbons (Fsp3) is 0.269. The zero-order valence-electron chi connectivity index (χ0n) is 19.6. The summed E-state index contributed by atoms with van der Waals surface area (Å²) in [7, 11) is 0. The Morgan fingerprint density at radius 2 is 1.89 bits per heavy atom. The lowest BCUT2D eigenvalue weighted by Crippen LogP contribution is -2.14. The molecule has 0 bridgehead atoms. The van der Waals surface area contributed by atoms with Gasteiger partial charge in [-0.05, 0) is 68.0 Å². The highest BCUT2D eigenvalue weighted by atomic mass is 35.5. The first kappa shape index (κ1) is 24.2. The van der Waals surface area contributed by atoms with Crippen LogP contribution >= 0.6 is 23.2 Å². The highest BCUT2D eigenvalue weighted by molar-refractivity contribution is 6.36. The first-order valence-electron chi connectivity index (χ1n) is 11.5. The number of nitrogens with zero attached hydrogens (tertiary/aromatic N) is 4. The zero-order chi connectivity index (χ0) is 25.7. The number of amides is 1. The molecule has 0 spiro atoms. The van der Waals surface area contributed by atoms with E-state index >= 15 is 0 Å². The Morgan fingerprint density at radius 3 is 2.56 bits per heavy atom. The van der Waals surface area contributed by atoms with Crippen molar-refractivity contribution < 1.29 is 14.7 Å². The first-order valence-corrected chi connectivity index (χ1v) is 12.3. The molecule has 1 saturated carbocycles. The second-order valence-corrected chi connectivity index (χ2v) is 9.92. The van der Waals surface area contributed by atoms with Crippen molar-refractivity contribution in [2.75, 3.05) is 0 Å². The summed E-state index contributed by atoms with van der Waals surface area (Å²) in [5.41, 5.74) is 10.3. The largest absolute Gasteiger partial charge is 0.481 e. The third-order valence-corrected chi connectivity index (χ3v) is 7.52. The smallest absolute Gasteiger partial charge is 0.310 e. The number of pyridine rings is 1. The number of rotatable bonds is 7. The number of carboxylic acid groups (broad SMARTS) is 1.